The topological polar surface area (TPSA) is 78.2 Å². The van der Waals surface area contributed by atoms with Gasteiger partial charge in [-0.3, -0.25) is 9.59 Å². The average Bonchev–Trinajstić information content (AvgIpc) is 3.11. The van der Waals surface area contributed by atoms with Gasteiger partial charge in [-0.15, -0.1) is 0 Å². The number of fused-ring (bicyclic) bond motifs is 1. The highest BCUT2D eigenvalue weighted by Crippen LogP contribution is 2.28. The van der Waals surface area contributed by atoms with Crippen molar-refractivity contribution < 1.29 is 9.53 Å². The summed E-state index contributed by atoms with van der Waals surface area (Å²) < 4.78 is 8.58. The molecule has 0 spiro atoms. The summed E-state index contributed by atoms with van der Waals surface area (Å²) in [5.74, 6) is 0.212. The smallest absolute Gasteiger partial charge is 0.282 e. The molecule has 158 valence electrons. The van der Waals surface area contributed by atoms with Crippen LogP contribution in [0.5, 0.6) is 5.75 Å². The van der Waals surface area contributed by atoms with Crippen LogP contribution in [-0.2, 0) is 6.54 Å². The number of para-hydroxylation sites is 1. The SMILES string of the molecule is CCCn1cc(C(=O)Nc2cc(C)ccc2OC)c2nn(-c3ccccc3)c(=O)c-2c1. The summed E-state index contributed by atoms with van der Waals surface area (Å²) in [5, 5.41) is 7.43. The molecule has 2 aliphatic heterocycles. The Bertz CT molecular complexity index is 1260. The molecule has 0 saturated carbocycles. The van der Waals surface area contributed by atoms with E-state index in [-0.39, 0.29) is 11.5 Å². The van der Waals surface area contributed by atoms with Crippen LogP contribution in [0.1, 0.15) is 29.3 Å². The number of nitrogens with one attached hydrogen (secondary N) is 1. The van der Waals surface area contributed by atoms with Gasteiger partial charge in [0.1, 0.15) is 11.4 Å². The number of rotatable bonds is 6. The summed E-state index contributed by atoms with van der Waals surface area (Å²) in [7, 11) is 1.56. The van der Waals surface area contributed by atoms with E-state index in [1.54, 1.807) is 19.5 Å². The molecule has 1 N–H and O–H groups in total. The number of hydrogen-bond donors (Lipinski definition) is 1. The van der Waals surface area contributed by atoms with Crippen molar-refractivity contribution >= 4 is 11.6 Å². The maximum absolute atomic E-state index is 13.3. The van der Waals surface area contributed by atoms with Crippen molar-refractivity contribution in [3.05, 3.63) is 82.4 Å². The number of aryl methyl sites for hydroxylation is 2. The molecule has 0 radical (unpaired) electrons. The molecule has 7 nitrogen and oxygen atoms in total. The Morgan fingerprint density at radius 1 is 1.13 bits per heavy atom. The molecule has 0 bridgehead atoms. The highest BCUT2D eigenvalue weighted by molar-refractivity contribution is 6.08. The summed E-state index contributed by atoms with van der Waals surface area (Å²) in [4.78, 5) is 26.4. The molecule has 0 saturated heterocycles. The van der Waals surface area contributed by atoms with Gasteiger partial charge < -0.3 is 14.6 Å². The number of nitrogens with zero attached hydrogens (tertiary/aromatic N) is 3. The number of methoxy groups -OCH3 is 1. The zero-order valence-corrected chi connectivity index (χ0v) is 17.8. The quantitative estimate of drug-likeness (QED) is 0.513. The van der Waals surface area contributed by atoms with Crippen molar-refractivity contribution in [2.75, 3.05) is 12.4 Å². The first-order valence-corrected chi connectivity index (χ1v) is 10.2. The van der Waals surface area contributed by atoms with Gasteiger partial charge in [0.15, 0.2) is 0 Å². The van der Waals surface area contributed by atoms with Gasteiger partial charge in [0.05, 0.1) is 29.6 Å². The zero-order chi connectivity index (χ0) is 22.0. The van der Waals surface area contributed by atoms with Gasteiger partial charge in [0.2, 0.25) is 0 Å². The van der Waals surface area contributed by atoms with E-state index >= 15 is 0 Å². The molecule has 0 unspecified atom stereocenters. The highest BCUT2D eigenvalue weighted by atomic mass is 16.5. The molecule has 0 atom stereocenters. The van der Waals surface area contributed by atoms with Gasteiger partial charge >= 0.3 is 0 Å². The summed E-state index contributed by atoms with van der Waals surface area (Å²) >= 11 is 0. The van der Waals surface area contributed by atoms with Crippen LogP contribution < -0.4 is 15.6 Å². The van der Waals surface area contributed by atoms with Crippen molar-refractivity contribution in [2.24, 2.45) is 0 Å². The first-order valence-electron chi connectivity index (χ1n) is 10.2. The maximum Gasteiger partial charge on any atom is 0.282 e. The Balaban J connectivity index is 1.83. The second-order valence-corrected chi connectivity index (χ2v) is 7.38. The summed E-state index contributed by atoms with van der Waals surface area (Å²) in [6, 6.07) is 14.7. The van der Waals surface area contributed by atoms with E-state index in [4.69, 9.17) is 4.74 Å². The van der Waals surface area contributed by atoms with Crippen LogP contribution in [0.4, 0.5) is 5.69 Å². The lowest BCUT2D eigenvalue weighted by atomic mass is 10.1. The van der Waals surface area contributed by atoms with E-state index in [1.807, 2.05) is 66.9 Å². The van der Waals surface area contributed by atoms with E-state index in [0.29, 0.717) is 40.5 Å². The molecular weight excluding hydrogens is 392 g/mol. The standard InChI is InChI=1S/C24H24N4O3/c1-4-12-27-14-18(23(29)25-20-13-16(2)10-11-21(20)31-3)22-19(15-27)24(30)28(26-22)17-8-6-5-7-9-17/h5-11,13-15H,4,12H2,1-3H3,(H,25,29). The first kappa shape index (κ1) is 20.4. The predicted molar refractivity (Wildman–Crippen MR) is 120 cm³/mol. The van der Waals surface area contributed by atoms with Crippen LogP contribution in [-0.4, -0.2) is 27.4 Å². The molecule has 7 heteroatoms. The second kappa shape index (κ2) is 8.47. The molecule has 0 aliphatic carbocycles. The summed E-state index contributed by atoms with van der Waals surface area (Å²) in [5.41, 5.74) is 3.06. The molecule has 2 aromatic carbocycles. The van der Waals surface area contributed by atoms with Crippen molar-refractivity contribution in [3.63, 3.8) is 0 Å². The van der Waals surface area contributed by atoms with E-state index in [1.165, 1.54) is 4.68 Å². The number of ether oxygens (including phenoxy) is 1. The monoisotopic (exact) mass is 416 g/mol. The number of benzene rings is 2. The Hall–Kier alpha value is -3.87. The molecule has 0 fully saturated rings. The zero-order valence-electron chi connectivity index (χ0n) is 17.8. The van der Waals surface area contributed by atoms with E-state index in [2.05, 4.69) is 10.4 Å². The van der Waals surface area contributed by atoms with Crippen LogP contribution in [0.25, 0.3) is 16.9 Å². The fourth-order valence-electron chi connectivity index (χ4n) is 3.57. The minimum absolute atomic E-state index is 0.256. The van der Waals surface area contributed by atoms with E-state index in [9.17, 15) is 9.59 Å². The number of carbonyl (C=O) groups excluding carboxylic acids is 1. The fourth-order valence-corrected chi connectivity index (χ4v) is 3.57. The van der Waals surface area contributed by atoms with Crippen LogP contribution in [0.2, 0.25) is 0 Å². The predicted octanol–water partition coefficient (Wildman–Crippen LogP) is 4.12. The minimum atomic E-state index is -0.350. The number of hydrogen-bond acceptors (Lipinski definition) is 4. The number of aromatic nitrogens is 3. The van der Waals surface area contributed by atoms with Gasteiger partial charge in [0.25, 0.3) is 11.5 Å². The van der Waals surface area contributed by atoms with Gasteiger partial charge in [-0.25, -0.2) is 0 Å². The van der Waals surface area contributed by atoms with Gasteiger partial charge in [-0.2, -0.15) is 9.78 Å². The lowest BCUT2D eigenvalue weighted by Crippen LogP contribution is -2.18. The first-order chi connectivity index (χ1) is 15.0. The fraction of sp³-hybridized carbons (Fsp3) is 0.208. The van der Waals surface area contributed by atoms with Crippen molar-refractivity contribution in [3.8, 4) is 22.7 Å². The molecule has 1 amide bonds. The molecule has 4 rings (SSSR count). The van der Waals surface area contributed by atoms with Crippen molar-refractivity contribution in [1.82, 2.24) is 14.3 Å². The Labute approximate surface area is 180 Å². The molecule has 0 aromatic heterocycles. The highest BCUT2D eigenvalue weighted by Gasteiger charge is 2.25. The van der Waals surface area contributed by atoms with Crippen LogP contribution in [0.3, 0.4) is 0 Å². The number of carbonyl (C=O) groups is 1. The van der Waals surface area contributed by atoms with Gasteiger partial charge in [-0.05, 0) is 43.2 Å². The third kappa shape index (κ3) is 3.94. The number of amides is 1. The Kier molecular flexibility index (Phi) is 5.58. The normalized spacial score (nSPS) is 10.9. The molecule has 2 aromatic rings. The van der Waals surface area contributed by atoms with Crippen LogP contribution in [0.15, 0.2) is 65.7 Å². The molecule has 2 heterocycles. The van der Waals surface area contributed by atoms with Crippen molar-refractivity contribution in [1.29, 1.82) is 0 Å². The Morgan fingerprint density at radius 2 is 1.90 bits per heavy atom. The molecule has 31 heavy (non-hydrogen) atoms. The van der Waals surface area contributed by atoms with Crippen molar-refractivity contribution in [2.45, 2.75) is 26.8 Å². The van der Waals surface area contributed by atoms with E-state index < -0.39 is 0 Å². The summed E-state index contributed by atoms with van der Waals surface area (Å²) in [6.07, 6.45) is 4.37. The van der Waals surface area contributed by atoms with Gasteiger partial charge in [0, 0.05) is 18.9 Å². The average molecular weight is 416 g/mol. The lowest BCUT2D eigenvalue weighted by Gasteiger charge is -2.14. The number of anilines is 1. The lowest BCUT2D eigenvalue weighted by molar-refractivity contribution is 0.102. The summed E-state index contributed by atoms with van der Waals surface area (Å²) in [6.45, 7) is 4.66. The second-order valence-electron chi connectivity index (χ2n) is 7.38. The maximum atomic E-state index is 13.3. The largest absolute Gasteiger partial charge is 0.495 e. The molecular formula is C24H24N4O3. The van der Waals surface area contributed by atoms with Crippen LogP contribution >= 0.6 is 0 Å². The number of pyridine rings is 1. The van der Waals surface area contributed by atoms with Gasteiger partial charge in [-0.1, -0.05) is 31.2 Å². The van der Waals surface area contributed by atoms with Crippen LogP contribution in [0, 0.1) is 6.92 Å². The minimum Gasteiger partial charge on any atom is -0.495 e. The molecule has 2 aliphatic rings. The Morgan fingerprint density at radius 3 is 2.61 bits per heavy atom. The third-order valence-corrected chi connectivity index (χ3v) is 5.05. The van der Waals surface area contributed by atoms with E-state index in [0.717, 1.165) is 12.0 Å². The third-order valence-electron chi connectivity index (χ3n) is 5.05.